The normalized spacial score (nSPS) is 14.6. The summed E-state index contributed by atoms with van der Waals surface area (Å²) in [5.41, 5.74) is 0.777. The lowest BCUT2D eigenvalue weighted by Gasteiger charge is -2.16. The largest absolute Gasteiger partial charge is 0.451 e. The molecule has 3 rings (SSSR count). The predicted molar refractivity (Wildman–Crippen MR) is 107 cm³/mol. The van der Waals surface area contributed by atoms with Gasteiger partial charge in [-0.15, -0.1) is 10.2 Å². The summed E-state index contributed by atoms with van der Waals surface area (Å²) in [6.07, 6.45) is 2.25. The van der Waals surface area contributed by atoms with E-state index in [1.165, 1.54) is 0 Å². The zero-order chi connectivity index (χ0) is 20.1. The van der Waals surface area contributed by atoms with Gasteiger partial charge in [0.05, 0.1) is 6.04 Å². The Kier molecular flexibility index (Phi) is 6.70. The molecule has 28 heavy (non-hydrogen) atoms. The maximum Gasteiger partial charge on any atom is 0.359 e. The molecule has 0 bridgehead atoms. The van der Waals surface area contributed by atoms with Crippen molar-refractivity contribution in [2.75, 3.05) is 24.6 Å². The summed E-state index contributed by atoms with van der Waals surface area (Å²) in [7, 11) is 0. The van der Waals surface area contributed by atoms with Crippen molar-refractivity contribution < 1.29 is 14.3 Å². The fourth-order valence-corrected chi connectivity index (χ4v) is 3.54. The van der Waals surface area contributed by atoms with Gasteiger partial charge in [-0.1, -0.05) is 29.3 Å². The Labute approximate surface area is 173 Å². The van der Waals surface area contributed by atoms with E-state index in [0.29, 0.717) is 15.6 Å². The van der Waals surface area contributed by atoms with E-state index in [1.807, 2.05) is 0 Å². The average molecular weight is 423 g/mol. The van der Waals surface area contributed by atoms with Gasteiger partial charge in [0, 0.05) is 23.1 Å². The minimum atomic E-state index is -0.701. The Balaban J connectivity index is 1.50. The summed E-state index contributed by atoms with van der Waals surface area (Å²) >= 11 is 12.0. The third kappa shape index (κ3) is 5.11. The molecule has 1 fully saturated rings. The van der Waals surface area contributed by atoms with Gasteiger partial charge >= 0.3 is 5.97 Å². The number of anilines is 1. The Hall–Kier alpha value is -2.38. The van der Waals surface area contributed by atoms with E-state index in [2.05, 4.69) is 20.4 Å². The number of aromatic nitrogens is 2. The van der Waals surface area contributed by atoms with Crippen LogP contribution in [0.3, 0.4) is 0 Å². The van der Waals surface area contributed by atoms with Crippen molar-refractivity contribution in [1.29, 1.82) is 0 Å². The topological polar surface area (TPSA) is 84.4 Å². The molecule has 1 N–H and O–H groups in total. The molecular formula is C19H20Cl2N4O3. The molecular weight excluding hydrogens is 403 g/mol. The minimum absolute atomic E-state index is 0.0598. The SMILES string of the molecule is CC(NC(=O)COC(=O)c1ccc(N2CCCC2)nn1)c1ccc(Cl)cc1Cl. The average Bonchev–Trinajstić information content (AvgIpc) is 3.21. The molecule has 7 nitrogen and oxygen atoms in total. The van der Waals surface area contributed by atoms with E-state index in [-0.39, 0.29) is 11.7 Å². The number of nitrogens with zero attached hydrogens (tertiary/aromatic N) is 3. The summed E-state index contributed by atoms with van der Waals surface area (Å²) in [6, 6.07) is 7.95. The predicted octanol–water partition coefficient (Wildman–Crippen LogP) is 3.42. The Morgan fingerprint density at radius 2 is 1.93 bits per heavy atom. The number of ether oxygens (including phenoxy) is 1. The van der Waals surface area contributed by atoms with Gasteiger partial charge in [0.15, 0.2) is 18.1 Å². The first kappa shape index (κ1) is 20.4. The molecule has 1 atom stereocenters. The quantitative estimate of drug-likeness (QED) is 0.717. The second kappa shape index (κ2) is 9.21. The van der Waals surface area contributed by atoms with Crippen molar-refractivity contribution in [3.05, 3.63) is 51.6 Å². The van der Waals surface area contributed by atoms with E-state index in [0.717, 1.165) is 31.7 Å². The summed E-state index contributed by atoms with van der Waals surface area (Å²) in [5.74, 6) is -0.415. The number of amides is 1. The third-order valence-electron chi connectivity index (χ3n) is 4.43. The van der Waals surface area contributed by atoms with Gasteiger partial charge in [0.1, 0.15) is 0 Å². The van der Waals surface area contributed by atoms with Crippen LogP contribution in [0, 0.1) is 0 Å². The number of halogens is 2. The highest BCUT2D eigenvalue weighted by molar-refractivity contribution is 6.35. The van der Waals surface area contributed by atoms with Crippen LogP contribution in [0.1, 0.15) is 41.9 Å². The molecule has 1 amide bonds. The van der Waals surface area contributed by atoms with Crippen molar-refractivity contribution in [1.82, 2.24) is 15.5 Å². The summed E-state index contributed by atoms with van der Waals surface area (Å²) in [4.78, 5) is 26.3. The van der Waals surface area contributed by atoms with Gasteiger partial charge in [0.25, 0.3) is 5.91 Å². The van der Waals surface area contributed by atoms with Crippen LogP contribution in [0.5, 0.6) is 0 Å². The molecule has 1 aliphatic rings. The first-order valence-corrected chi connectivity index (χ1v) is 9.70. The van der Waals surface area contributed by atoms with E-state index < -0.39 is 18.5 Å². The lowest BCUT2D eigenvalue weighted by atomic mass is 10.1. The molecule has 2 heterocycles. The summed E-state index contributed by atoms with van der Waals surface area (Å²) in [5, 5.41) is 11.6. The van der Waals surface area contributed by atoms with Crippen LogP contribution in [0.2, 0.25) is 10.0 Å². The number of carbonyl (C=O) groups excluding carboxylic acids is 2. The van der Waals surface area contributed by atoms with Crippen LogP contribution in [-0.2, 0) is 9.53 Å². The monoisotopic (exact) mass is 422 g/mol. The minimum Gasteiger partial charge on any atom is -0.451 e. The molecule has 0 aliphatic carbocycles. The van der Waals surface area contributed by atoms with E-state index >= 15 is 0 Å². The van der Waals surface area contributed by atoms with E-state index in [4.69, 9.17) is 27.9 Å². The lowest BCUT2D eigenvalue weighted by molar-refractivity contribution is -0.124. The van der Waals surface area contributed by atoms with Gasteiger partial charge in [-0.05, 0) is 49.6 Å². The highest BCUT2D eigenvalue weighted by atomic mass is 35.5. The van der Waals surface area contributed by atoms with Gasteiger partial charge in [-0.2, -0.15) is 0 Å². The van der Waals surface area contributed by atoms with Crippen molar-refractivity contribution in [2.45, 2.75) is 25.8 Å². The van der Waals surface area contributed by atoms with Crippen LogP contribution >= 0.6 is 23.2 Å². The van der Waals surface area contributed by atoms with Crippen LogP contribution in [0.25, 0.3) is 0 Å². The van der Waals surface area contributed by atoms with Crippen molar-refractivity contribution in [2.24, 2.45) is 0 Å². The van der Waals surface area contributed by atoms with Crippen molar-refractivity contribution in [3.8, 4) is 0 Å². The lowest BCUT2D eigenvalue weighted by Crippen LogP contribution is -2.31. The number of esters is 1. The van der Waals surface area contributed by atoms with Gasteiger partial charge in [-0.25, -0.2) is 4.79 Å². The molecule has 148 valence electrons. The van der Waals surface area contributed by atoms with E-state index in [9.17, 15) is 9.59 Å². The molecule has 1 aromatic heterocycles. The molecule has 9 heteroatoms. The number of rotatable bonds is 6. The second-order valence-electron chi connectivity index (χ2n) is 6.50. The van der Waals surface area contributed by atoms with Crippen molar-refractivity contribution >= 4 is 40.9 Å². The number of carbonyl (C=O) groups is 2. The maximum atomic E-state index is 12.1. The molecule has 0 spiro atoms. The maximum absolute atomic E-state index is 12.1. The van der Waals surface area contributed by atoms with Crippen LogP contribution < -0.4 is 10.2 Å². The molecule has 0 saturated carbocycles. The zero-order valence-corrected chi connectivity index (χ0v) is 16.8. The highest BCUT2D eigenvalue weighted by Crippen LogP contribution is 2.26. The Morgan fingerprint density at radius 1 is 1.18 bits per heavy atom. The molecule has 2 aromatic rings. The van der Waals surface area contributed by atoms with Crippen LogP contribution in [-0.4, -0.2) is 41.8 Å². The summed E-state index contributed by atoms with van der Waals surface area (Å²) < 4.78 is 5.02. The zero-order valence-electron chi connectivity index (χ0n) is 15.3. The third-order valence-corrected chi connectivity index (χ3v) is 4.99. The van der Waals surface area contributed by atoms with Crippen LogP contribution in [0.15, 0.2) is 30.3 Å². The van der Waals surface area contributed by atoms with Gasteiger partial charge < -0.3 is 15.0 Å². The first-order valence-electron chi connectivity index (χ1n) is 8.94. The molecule has 1 aliphatic heterocycles. The van der Waals surface area contributed by atoms with E-state index in [1.54, 1.807) is 37.3 Å². The fraction of sp³-hybridized carbons (Fsp3) is 0.368. The number of nitrogens with one attached hydrogen (secondary N) is 1. The molecule has 1 unspecified atom stereocenters. The van der Waals surface area contributed by atoms with Crippen LogP contribution in [0.4, 0.5) is 5.82 Å². The Bertz CT molecular complexity index is 855. The first-order chi connectivity index (χ1) is 13.4. The molecule has 0 radical (unpaired) electrons. The van der Waals surface area contributed by atoms with Crippen molar-refractivity contribution in [3.63, 3.8) is 0 Å². The highest BCUT2D eigenvalue weighted by Gasteiger charge is 2.18. The van der Waals surface area contributed by atoms with Gasteiger partial charge in [0.2, 0.25) is 0 Å². The number of benzene rings is 1. The molecule has 1 saturated heterocycles. The fourth-order valence-electron chi connectivity index (χ4n) is 2.97. The number of hydrogen-bond acceptors (Lipinski definition) is 6. The summed E-state index contributed by atoms with van der Waals surface area (Å²) in [6.45, 7) is 3.23. The number of hydrogen-bond donors (Lipinski definition) is 1. The smallest absolute Gasteiger partial charge is 0.359 e. The standard InChI is InChI=1S/C19H20Cl2N4O3/c1-12(14-5-4-13(20)10-15(14)21)22-18(26)11-28-19(27)16-6-7-17(24-23-16)25-8-2-3-9-25/h4-7,10,12H,2-3,8-9,11H2,1H3,(H,22,26). The molecule has 1 aromatic carbocycles. The van der Waals surface area contributed by atoms with Gasteiger partial charge in [-0.3, -0.25) is 4.79 Å². The second-order valence-corrected chi connectivity index (χ2v) is 7.35. The Morgan fingerprint density at radius 3 is 2.57 bits per heavy atom.